The molecular formula is C21H22FN5O3S. The number of nitrogens with one attached hydrogen (secondary N) is 1. The molecule has 0 aliphatic carbocycles. The highest BCUT2D eigenvalue weighted by Crippen LogP contribution is 2.18. The van der Waals surface area contributed by atoms with Crippen LogP contribution >= 0.6 is 0 Å². The van der Waals surface area contributed by atoms with E-state index in [2.05, 4.69) is 15.3 Å². The number of nitrogens with zero attached hydrogens (tertiary/aromatic N) is 2. The molecule has 10 heteroatoms. The summed E-state index contributed by atoms with van der Waals surface area (Å²) in [5.74, 6) is 0.0392. The maximum Gasteiger partial charge on any atom is 0.332 e. The number of amides is 1. The van der Waals surface area contributed by atoms with Gasteiger partial charge >= 0.3 is 10.2 Å². The van der Waals surface area contributed by atoms with Gasteiger partial charge in [-0.2, -0.15) is 13.4 Å². The molecule has 0 saturated carbocycles. The van der Waals surface area contributed by atoms with Crippen LogP contribution in [0, 0.1) is 0 Å². The summed E-state index contributed by atoms with van der Waals surface area (Å²) in [7, 11) is -4.87. The van der Waals surface area contributed by atoms with Crippen molar-refractivity contribution in [2.45, 2.75) is 30.6 Å². The number of anilines is 3. The first-order valence-electron chi connectivity index (χ1n) is 9.54. The zero-order valence-corrected chi connectivity index (χ0v) is 17.4. The molecule has 0 atom stereocenters. The molecule has 0 spiro atoms. The van der Waals surface area contributed by atoms with E-state index in [4.69, 9.17) is 11.5 Å². The summed E-state index contributed by atoms with van der Waals surface area (Å²) >= 11 is 0. The standard InChI is InChI=1S/C21H22FN5O3S/c22-31(29,30)18-7-3-6-15(12-18)20(28)26-17-10-8-14(9-11-17)4-1-2-5-16-13-25-21(24)27-19(16)23/h3,6-13H,1-2,4-5H2,(H,26,28)(H4,23,24,25,27). The lowest BCUT2D eigenvalue weighted by Crippen LogP contribution is -2.12. The van der Waals surface area contributed by atoms with Crippen molar-refractivity contribution in [2.24, 2.45) is 0 Å². The summed E-state index contributed by atoms with van der Waals surface area (Å²) in [5.41, 5.74) is 13.9. The fourth-order valence-corrected chi connectivity index (χ4v) is 3.53. The van der Waals surface area contributed by atoms with Gasteiger partial charge in [0.25, 0.3) is 5.91 Å². The predicted molar refractivity (Wildman–Crippen MR) is 117 cm³/mol. The molecule has 162 valence electrons. The number of rotatable bonds is 8. The van der Waals surface area contributed by atoms with Gasteiger partial charge in [0.2, 0.25) is 5.95 Å². The van der Waals surface area contributed by atoms with Gasteiger partial charge in [-0.25, -0.2) is 4.98 Å². The Morgan fingerprint density at radius 1 is 1.03 bits per heavy atom. The fourth-order valence-electron chi connectivity index (χ4n) is 3.02. The quantitative estimate of drug-likeness (QED) is 0.359. The maximum atomic E-state index is 13.1. The molecule has 0 radical (unpaired) electrons. The zero-order valence-electron chi connectivity index (χ0n) is 16.6. The first-order chi connectivity index (χ1) is 14.7. The number of halogens is 1. The summed E-state index contributed by atoms with van der Waals surface area (Å²) in [6, 6.07) is 12.1. The molecule has 1 aromatic heterocycles. The molecule has 0 saturated heterocycles. The summed E-state index contributed by atoms with van der Waals surface area (Å²) < 4.78 is 35.1. The lowest BCUT2D eigenvalue weighted by molar-refractivity contribution is 0.102. The van der Waals surface area contributed by atoms with Crippen LogP contribution < -0.4 is 16.8 Å². The first-order valence-corrected chi connectivity index (χ1v) is 10.9. The Morgan fingerprint density at radius 2 is 1.74 bits per heavy atom. The van der Waals surface area contributed by atoms with Crippen LogP contribution in [0.5, 0.6) is 0 Å². The van der Waals surface area contributed by atoms with Crippen LogP contribution in [0.2, 0.25) is 0 Å². The highest BCUT2D eigenvalue weighted by Gasteiger charge is 2.15. The second-order valence-electron chi connectivity index (χ2n) is 6.96. The van der Waals surface area contributed by atoms with Crippen LogP contribution in [0.1, 0.15) is 34.3 Å². The number of unbranched alkanes of at least 4 members (excludes halogenated alkanes) is 1. The number of carbonyl (C=O) groups is 1. The van der Waals surface area contributed by atoms with E-state index in [0.717, 1.165) is 48.9 Å². The van der Waals surface area contributed by atoms with Gasteiger partial charge in [-0.3, -0.25) is 4.79 Å². The number of nitrogens with two attached hydrogens (primary N) is 2. The number of aryl methyl sites for hydroxylation is 2. The Morgan fingerprint density at radius 3 is 2.42 bits per heavy atom. The zero-order chi connectivity index (χ0) is 22.4. The van der Waals surface area contributed by atoms with Gasteiger partial charge in [-0.1, -0.05) is 18.2 Å². The third-order valence-electron chi connectivity index (χ3n) is 4.67. The largest absolute Gasteiger partial charge is 0.383 e. The van der Waals surface area contributed by atoms with Gasteiger partial charge in [0.05, 0.1) is 4.90 Å². The van der Waals surface area contributed by atoms with Crippen LogP contribution in [0.3, 0.4) is 0 Å². The lowest BCUT2D eigenvalue weighted by Gasteiger charge is -2.08. The molecule has 0 aliphatic heterocycles. The van der Waals surface area contributed by atoms with Crippen molar-refractivity contribution < 1.29 is 17.1 Å². The smallest absolute Gasteiger partial charge is 0.332 e. The molecule has 8 nitrogen and oxygen atoms in total. The van der Waals surface area contributed by atoms with Crippen molar-refractivity contribution in [1.29, 1.82) is 0 Å². The van der Waals surface area contributed by atoms with Gasteiger partial charge in [0, 0.05) is 23.0 Å². The lowest BCUT2D eigenvalue weighted by atomic mass is 10.0. The van der Waals surface area contributed by atoms with E-state index in [9.17, 15) is 17.1 Å². The molecule has 1 amide bonds. The van der Waals surface area contributed by atoms with Gasteiger partial charge in [0.1, 0.15) is 5.82 Å². The number of hydrogen-bond donors (Lipinski definition) is 3. The number of aromatic nitrogens is 2. The first kappa shape index (κ1) is 22.2. The summed E-state index contributed by atoms with van der Waals surface area (Å²) in [6.07, 6.45) is 5.09. The maximum absolute atomic E-state index is 13.1. The number of carbonyl (C=O) groups excluding carboxylic acids is 1. The van der Waals surface area contributed by atoms with Gasteiger partial charge in [-0.15, -0.1) is 3.89 Å². The van der Waals surface area contributed by atoms with Crippen molar-refractivity contribution in [3.63, 3.8) is 0 Å². The predicted octanol–water partition coefficient (Wildman–Crippen LogP) is 3.12. The van der Waals surface area contributed by atoms with E-state index < -0.39 is 21.0 Å². The van der Waals surface area contributed by atoms with E-state index in [0.29, 0.717) is 11.5 Å². The minimum atomic E-state index is -4.87. The third-order valence-corrected chi connectivity index (χ3v) is 5.48. The number of benzene rings is 2. The molecule has 31 heavy (non-hydrogen) atoms. The highest BCUT2D eigenvalue weighted by molar-refractivity contribution is 7.86. The molecule has 3 rings (SSSR count). The van der Waals surface area contributed by atoms with Crippen LogP contribution in [0.15, 0.2) is 59.6 Å². The summed E-state index contributed by atoms with van der Waals surface area (Å²) in [6.45, 7) is 0. The highest BCUT2D eigenvalue weighted by atomic mass is 32.3. The van der Waals surface area contributed by atoms with Gasteiger partial charge in [0.15, 0.2) is 0 Å². The molecule has 0 fully saturated rings. The average molecular weight is 444 g/mol. The number of hydrogen-bond acceptors (Lipinski definition) is 7. The molecule has 1 heterocycles. The number of nitrogen functional groups attached to an aromatic ring is 2. The molecule has 0 aliphatic rings. The van der Waals surface area contributed by atoms with Crippen LogP contribution in [0.4, 0.5) is 21.3 Å². The summed E-state index contributed by atoms with van der Waals surface area (Å²) in [5, 5.41) is 2.67. The van der Waals surface area contributed by atoms with E-state index in [-0.39, 0.29) is 11.5 Å². The topological polar surface area (TPSA) is 141 Å². The monoisotopic (exact) mass is 443 g/mol. The van der Waals surface area contributed by atoms with Crippen LogP contribution in [-0.4, -0.2) is 24.3 Å². The van der Waals surface area contributed by atoms with Crippen molar-refractivity contribution in [1.82, 2.24) is 9.97 Å². The third kappa shape index (κ3) is 6.22. The Bertz CT molecular complexity index is 1180. The van der Waals surface area contributed by atoms with Crippen LogP contribution in [0.25, 0.3) is 0 Å². The second-order valence-corrected chi connectivity index (χ2v) is 8.31. The molecule has 5 N–H and O–H groups in total. The van der Waals surface area contributed by atoms with E-state index in [1.165, 1.54) is 12.1 Å². The Labute approximate surface area is 179 Å². The summed E-state index contributed by atoms with van der Waals surface area (Å²) in [4.78, 5) is 19.7. The Balaban J connectivity index is 1.51. The molecule has 0 bridgehead atoms. The minimum Gasteiger partial charge on any atom is -0.383 e. The van der Waals surface area contributed by atoms with Gasteiger partial charge in [-0.05, 0) is 61.6 Å². The fraction of sp³-hybridized carbons (Fsp3) is 0.190. The normalized spacial score (nSPS) is 11.3. The second kappa shape index (κ2) is 9.52. The van der Waals surface area contributed by atoms with Crippen LogP contribution in [-0.2, 0) is 23.1 Å². The average Bonchev–Trinajstić information content (AvgIpc) is 2.73. The molecule has 0 unspecified atom stereocenters. The molecule has 3 aromatic rings. The Hall–Kier alpha value is -3.53. The molecule has 2 aromatic carbocycles. The minimum absolute atomic E-state index is 0.0497. The van der Waals surface area contributed by atoms with Crippen molar-refractivity contribution in [3.05, 3.63) is 71.4 Å². The Kier molecular flexibility index (Phi) is 6.81. The van der Waals surface area contributed by atoms with Crippen molar-refractivity contribution in [2.75, 3.05) is 16.8 Å². The van der Waals surface area contributed by atoms with Gasteiger partial charge < -0.3 is 16.8 Å². The van der Waals surface area contributed by atoms with E-state index in [1.807, 2.05) is 12.1 Å². The van der Waals surface area contributed by atoms with Crippen molar-refractivity contribution >= 4 is 33.6 Å². The van der Waals surface area contributed by atoms with E-state index >= 15 is 0 Å². The van der Waals surface area contributed by atoms with Crippen molar-refractivity contribution in [3.8, 4) is 0 Å². The van der Waals surface area contributed by atoms with E-state index in [1.54, 1.807) is 18.3 Å². The SMILES string of the molecule is Nc1ncc(CCCCc2ccc(NC(=O)c3cccc(S(=O)(=O)F)c3)cc2)c(N)n1. The molecular weight excluding hydrogens is 421 g/mol.